The summed E-state index contributed by atoms with van der Waals surface area (Å²) in [7, 11) is 0. The van der Waals surface area contributed by atoms with Crippen LogP contribution in [0.2, 0.25) is 0 Å². The van der Waals surface area contributed by atoms with E-state index in [0.717, 1.165) is 0 Å². The molecule has 1 aliphatic heterocycles. The van der Waals surface area contributed by atoms with Gasteiger partial charge in [-0.2, -0.15) is 0 Å². The summed E-state index contributed by atoms with van der Waals surface area (Å²) in [6.45, 7) is 0. The van der Waals surface area contributed by atoms with Crippen LogP contribution in [-0.4, -0.2) is 5.91 Å². The minimum atomic E-state index is -0.689. The summed E-state index contributed by atoms with van der Waals surface area (Å²) in [5.74, 6) is -0.745. The zero-order valence-electron chi connectivity index (χ0n) is 14.6. The van der Waals surface area contributed by atoms with Crippen molar-refractivity contribution in [2.45, 2.75) is 6.04 Å². The maximum atomic E-state index is 13.5. The molecule has 1 unspecified atom stereocenters. The van der Waals surface area contributed by atoms with E-state index in [4.69, 9.17) is 4.42 Å². The molecule has 0 saturated carbocycles. The number of amides is 1. The van der Waals surface area contributed by atoms with Crippen LogP contribution >= 0.6 is 0 Å². The van der Waals surface area contributed by atoms with Crippen molar-refractivity contribution in [3.8, 4) is 0 Å². The molecule has 0 aliphatic carbocycles. The van der Waals surface area contributed by atoms with Crippen molar-refractivity contribution in [3.05, 3.63) is 112 Å². The molecule has 5 rings (SSSR count). The second-order valence-electron chi connectivity index (χ2n) is 6.63. The standard InChI is InChI=1S/C23H14FNO3/c24-15-12-10-14(11-13-15)20-19-21(26)17-8-4-5-9-18(17)28-22(19)23(27)25(20)16-6-2-1-3-7-16/h1-13,20H. The van der Waals surface area contributed by atoms with Crippen molar-refractivity contribution in [2.75, 3.05) is 4.90 Å². The van der Waals surface area contributed by atoms with Gasteiger partial charge in [-0.05, 0) is 42.0 Å². The summed E-state index contributed by atoms with van der Waals surface area (Å²) in [5, 5.41) is 0.413. The fourth-order valence-electron chi connectivity index (χ4n) is 3.74. The van der Waals surface area contributed by atoms with Crippen LogP contribution in [0.3, 0.4) is 0 Å². The molecule has 0 radical (unpaired) electrons. The average molecular weight is 371 g/mol. The van der Waals surface area contributed by atoms with Crippen molar-refractivity contribution >= 4 is 22.6 Å². The molecule has 4 nitrogen and oxygen atoms in total. The predicted octanol–water partition coefficient (Wildman–Crippen LogP) is 4.68. The van der Waals surface area contributed by atoms with Gasteiger partial charge in [0.2, 0.25) is 5.76 Å². The first-order valence-corrected chi connectivity index (χ1v) is 8.85. The van der Waals surface area contributed by atoms with Crippen molar-refractivity contribution in [3.63, 3.8) is 0 Å². The summed E-state index contributed by atoms with van der Waals surface area (Å²) in [6.07, 6.45) is 0. The van der Waals surface area contributed by atoms with Gasteiger partial charge in [0.25, 0.3) is 5.91 Å². The number of carbonyl (C=O) groups is 1. The lowest BCUT2D eigenvalue weighted by Gasteiger charge is -2.25. The number of hydrogen-bond donors (Lipinski definition) is 0. The van der Waals surface area contributed by atoms with Crippen LogP contribution in [0.1, 0.15) is 27.7 Å². The molecular formula is C23H14FNO3. The molecule has 4 aromatic rings. The van der Waals surface area contributed by atoms with Gasteiger partial charge in [-0.25, -0.2) is 4.39 Å². The van der Waals surface area contributed by atoms with Gasteiger partial charge < -0.3 is 4.42 Å². The van der Waals surface area contributed by atoms with Crippen LogP contribution in [0.15, 0.2) is 88.1 Å². The van der Waals surface area contributed by atoms with Crippen LogP contribution in [0, 0.1) is 5.82 Å². The minimum Gasteiger partial charge on any atom is -0.450 e. The van der Waals surface area contributed by atoms with Crippen molar-refractivity contribution in [1.82, 2.24) is 0 Å². The molecule has 1 aromatic heterocycles. The molecular weight excluding hydrogens is 357 g/mol. The van der Waals surface area contributed by atoms with E-state index in [1.54, 1.807) is 48.5 Å². The van der Waals surface area contributed by atoms with E-state index >= 15 is 0 Å². The smallest absolute Gasteiger partial charge is 0.295 e. The van der Waals surface area contributed by atoms with E-state index in [9.17, 15) is 14.0 Å². The quantitative estimate of drug-likeness (QED) is 0.514. The number of fused-ring (bicyclic) bond motifs is 2. The van der Waals surface area contributed by atoms with Gasteiger partial charge in [0.05, 0.1) is 17.0 Å². The first-order valence-electron chi connectivity index (χ1n) is 8.85. The number of benzene rings is 3. The highest BCUT2D eigenvalue weighted by molar-refractivity contribution is 6.10. The Labute approximate surface area is 159 Å². The van der Waals surface area contributed by atoms with Crippen molar-refractivity contribution in [1.29, 1.82) is 0 Å². The van der Waals surface area contributed by atoms with Gasteiger partial charge in [-0.1, -0.05) is 42.5 Å². The molecule has 0 spiro atoms. The Kier molecular flexibility index (Phi) is 3.62. The van der Waals surface area contributed by atoms with Gasteiger partial charge in [-0.15, -0.1) is 0 Å². The van der Waals surface area contributed by atoms with Gasteiger partial charge in [-0.3, -0.25) is 14.5 Å². The molecule has 5 heteroatoms. The van der Waals surface area contributed by atoms with Crippen LogP contribution < -0.4 is 10.3 Å². The maximum Gasteiger partial charge on any atom is 0.295 e. The van der Waals surface area contributed by atoms with Crippen LogP contribution in [0.5, 0.6) is 0 Å². The van der Waals surface area contributed by atoms with E-state index in [-0.39, 0.29) is 22.6 Å². The highest BCUT2D eigenvalue weighted by Gasteiger charge is 2.43. The second-order valence-corrected chi connectivity index (χ2v) is 6.63. The molecule has 28 heavy (non-hydrogen) atoms. The Morgan fingerprint density at radius 2 is 1.50 bits per heavy atom. The summed E-state index contributed by atoms with van der Waals surface area (Å²) in [4.78, 5) is 28.1. The van der Waals surface area contributed by atoms with E-state index < -0.39 is 11.9 Å². The van der Waals surface area contributed by atoms with Gasteiger partial charge in [0, 0.05) is 5.69 Å². The van der Waals surface area contributed by atoms with Gasteiger partial charge in [0.1, 0.15) is 11.4 Å². The highest BCUT2D eigenvalue weighted by Crippen LogP contribution is 2.41. The summed E-state index contributed by atoms with van der Waals surface area (Å²) < 4.78 is 19.4. The zero-order chi connectivity index (χ0) is 19.3. The molecule has 0 bridgehead atoms. The predicted molar refractivity (Wildman–Crippen MR) is 104 cm³/mol. The van der Waals surface area contributed by atoms with E-state index in [1.807, 2.05) is 18.2 Å². The first kappa shape index (κ1) is 16.4. The number of carbonyl (C=O) groups excluding carboxylic acids is 1. The van der Waals surface area contributed by atoms with Gasteiger partial charge >= 0.3 is 0 Å². The highest BCUT2D eigenvalue weighted by atomic mass is 19.1. The minimum absolute atomic E-state index is 0.0295. The first-order chi connectivity index (χ1) is 13.6. The van der Waals surface area contributed by atoms with E-state index in [2.05, 4.69) is 0 Å². The third kappa shape index (κ3) is 2.36. The molecule has 136 valence electrons. The van der Waals surface area contributed by atoms with Gasteiger partial charge in [0.15, 0.2) is 5.43 Å². The lowest BCUT2D eigenvalue weighted by atomic mass is 9.98. The fraction of sp³-hybridized carbons (Fsp3) is 0.0435. The number of hydrogen-bond acceptors (Lipinski definition) is 3. The summed E-state index contributed by atoms with van der Waals surface area (Å²) in [6, 6.07) is 21.1. The number of anilines is 1. The van der Waals surface area contributed by atoms with Crippen LogP contribution in [-0.2, 0) is 0 Å². The molecule has 0 N–H and O–H groups in total. The Balaban J connectivity index is 1.83. The molecule has 0 saturated heterocycles. The SMILES string of the molecule is O=C1c2oc3ccccc3c(=O)c2C(c2ccc(F)cc2)N1c1ccccc1. The fourth-order valence-corrected chi connectivity index (χ4v) is 3.74. The Morgan fingerprint density at radius 1 is 0.821 bits per heavy atom. The number of halogens is 1. The second kappa shape index (κ2) is 6.16. The third-order valence-electron chi connectivity index (χ3n) is 5.00. The molecule has 2 heterocycles. The summed E-state index contributed by atoms with van der Waals surface area (Å²) in [5.41, 5.74) is 1.67. The van der Waals surface area contributed by atoms with E-state index in [0.29, 0.717) is 22.2 Å². The number of nitrogens with zero attached hydrogens (tertiary/aromatic N) is 1. The third-order valence-corrected chi connectivity index (χ3v) is 5.00. The normalized spacial score (nSPS) is 15.8. The molecule has 3 aromatic carbocycles. The Morgan fingerprint density at radius 3 is 2.25 bits per heavy atom. The van der Waals surface area contributed by atoms with Crippen molar-refractivity contribution in [2.24, 2.45) is 0 Å². The number of para-hydroxylation sites is 2. The van der Waals surface area contributed by atoms with Crippen LogP contribution in [0.25, 0.3) is 11.0 Å². The lowest BCUT2D eigenvalue weighted by molar-refractivity contribution is 0.0971. The molecule has 1 aliphatic rings. The topological polar surface area (TPSA) is 50.5 Å². The molecule has 0 fully saturated rings. The zero-order valence-corrected chi connectivity index (χ0v) is 14.6. The lowest BCUT2D eigenvalue weighted by Crippen LogP contribution is -2.29. The van der Waals surface area contributed by atoms with Crippen LogP contribution in [0.4, 0.5) is 10.1 Å². The summed E-state index contributed by atoms with van der Waals surface area (Å²) >= 11 is 0. The average Bonchev–Trinajstić information content (AvgIpc) is 3.02. The number of rotatable bonds is 2. The molecule has 1 amide bonds. The van der Waals surface area contributed by atoms with E-state index in [1.165, 1.54) is 17.0 Å². The largest absolute Gasteiger partial charge is 0.450 e. The molecule has 1 atom stereocenters. The van der Waals surface area contributed by atoms with Crippen molar-refractivity contribution < 1.29 is 13.6 Å². The Hall–Kier alpha value is -3.73. The monoisotopic (exact) mass is 371 g/mol. The Bertz CT molecular complexity index is 1260. The maximum absolute atomic E-state index is 13.5.